The molecule has 4 rings (SSSR count). The highest BCUT2D eigenvalue weighted by atomic mass is 19.4. The van der Waals surface area contributed by atoms with E-state index in [1.54, 1.807) is 38.1 Å². The number of amides is 1. The van der Waals surface area contributed by atoms with E-state index in [1.165, 1.54) is 21.8 Å². The van der Waals surface area contributed by atoms with Crippen LogP contribution >= 0.6 is 0 Å². The molecule has 33 heavy (non-hydrogen) atoms. The highest BCUT2D eigenvalue weighted by Crippen LogP contribution is 2.29. The van der Waals surface area contributed by atoms with Gasteiger partial charge < -0.3 is 9.88 Å². The summed E-state index contributed by atoms with van der Waals surface area (Å²) in [6, 6.07) is 9.00. The van der Waals surface area contributed by atoms with E-state index in [0.717, 1.165) is 12.3 Å². The number of hydrogen-bond donors (Lipinski definition) is 1. The van der Waals surface area contributed by atoms with Crippen molar-refractivity contribution in [2.45, 2.75) is 26.6 Å². The number of carbonyl (C=O) groups is 1. The van der Waals surface area contributed by atoms with Crippen molar-refractivity contribution in [1.29, 1.82) is 0 Å². The van der Waals surface area contributed by atoms with Gasteiger partial charge in [-0.3, -0.25) is 9.59 Å². The fraction of sp³-hybridized carbons (Fsp3) is 0.227. The number of para-hydroxylation sites is 1. The Labute approximate surface area is 185 Å². The Morgan fingerprint density at radius 2 is 1.91 bits per heavy atom. The van der Waals surface area contributed by atoms with Crippen LogP contribution in [0.1, 0.15) is 34.4 Å². The van der Waals surface area contributed by atoms with Gasteiger partial charge in [0, 0.05) is 12.7 Å². The van der Waals surface area contributed by atoms with E-state index < -0.39 is 11.7 Å². The van der Waals surface area contributed by atoms with Gasteiger partial charge in [-0.05, 0) is 38.1 Å². The number of aromatic amines is 1. The summed E-state index contributed by atoms with van der Waals surface area (Å²) in [5.74, 6) is 0.135. The minimum absolute atomic E-state index is 0.0680. The predicted octanol–water partition coefficient (Wildman–Crippen LogP) is 3.49. The molecular weight excluding hydrogens is 437 g/mol. The van der Waals surface area contributed by atoms with Crippen molar-refractivity contribution >= 4 is 16.8 Å². The van der Waals surface area contributed by atoms with Gasteiger partial charge >= 0.3 is 6.18 Å². The van der Waals surface area contributed by atoms with Gasteiger partial charge in [-0.1, -0.05) is 12.1 Å². The molecule has 0 atom stereocenters. The minimum atomic E-state index is -4.49. The Morgan fingerprint density at radius 3 is 2.58 bits per heavy atom. The number of alkyl halides is 3. The third-order valence-corrected chi connectivity index (χ3v) is 5.20. The van der Waals surface area contributed by atoms with E-state index in [1.807, 2.05) is 0 Å². The van der Waals surface area contributed by atoms with E-state index in [0.29, 0.717) is 29.0 Å². The highest BCUT2D eigenvalue weighted by Gasteiger charge is 2.31. The lowest BCUT2D eigenvalue weighted by Gasteiger charge is -2.20. The molecule has 0 aliphatic carbocycles. The molecule has 0 bridgehead atoms. The highest BCUT2D eigenvalue weighted by molar-refractivity contribution is 5.95. The van der Waals surface area contributed by atoms with Crippen molar-refractivity contribution in [1.82, 2.24) is 29.6 Å². The maximum Gasteiger partial charge on any atom is 0.417 e. The molecule has 8 nitrogen and oxygen atoms in total. The third-order valence-electron chi connectivity index (χ3n) is 5.20. The van der Waals surface area contributed by atoms with Gasteiger partial charge in [0.05, 0.1) is 40.5 Å². The first kappa shape index (κ1) is 22.2. The number of halogens is 3. The van der Waals surface area contributed by atoms with Crippen molar-refractivity contribution in [3.8, 4) is 5.82 Å². The zero-order valence-electron chi connectivity index (χ0n) is 17.7. The molecule has 0 aliphatic heterocycles. The second-order valence-corrected chi connectivity index (χ2v) is 7.31. The lowest BCUT2D eigenvalue weighted by molar-refractivity contribution is -0.137. The average Bonchev–Trinajstić information content (AvgIpc) is 3.17. The fourth-order valence-electron chi connectivity index (χ4n) is 3.42. The second kappa shape index (κ2) is 8.49. The van der Waals surface area contributed by atoms with E-state index in [-0.39, 0.29) is 29.4 Å². The first-order chi connectivity index (χ1) is 15.7. The molecule has 0 saturated heterocycles. The Kier molecular flexibility index (Phi) is 5.71. The van der Waals surface area contributed by atoms with Crippen molar-refractivity contribution in [3.05, 3.63) is 81.8 Å². The number of rotatable bonds is 5. The summed E-state index contributed by atoms with van der Waals surface area (Å²) in [6.45, 7) is 3.81. The largest absolute Gasteiger partial charge is 0.417 e. The van der Waals surface area contributed by atoms with Crippen LogP contribution < -0.4 is 5.56 Å². The van der Waals surface area contributed by atoms with Crippen molar-refractivity contribution in [2.75, 3.05) is 6.54 Å². The summed E-state index contributed by atoms with van der Waals surface area (Å²) in [5, 5.41) is 4.59. The normalized spacial score (nSPS) is 11.7. The van der Waals surface area contributed by atoms with E-state index >= 15 is 0 Å². The summed E-state index contributed by atoms with van der Waals surface area (Å²) in [5.41, 5.74) is 0.0439. The molecule has 3 heterocycles. The zero-order valence-corrected chi connectivity index (χ0v) is 17.7. The van der Waals surface area contributed by atoms with Crippen LogP contribution in [0.15, 0.2) is 53.6 Å². The monoisotopic (exact) mass is 456 g/mol. The number of hydrogen-bond acceptors (Lipinski definition) is 5. The number of aromatic nitrogens is 5. The van der Waals surface area contributed by atoms with Gasteiger partial charge in [0.15, 0.2) is 5.82 Å². The first-order valence-electron chi connectivity index (χ1n) is 10.0. The molecule has 3 aromatic heterocycles. The SMILES string of the molecule is CCN(Cc1nc2ccccc2c(=O)[nH]1)C(=O)c1cnn(-c2ccc(C(F)(F)F)cn2)c1C. The summed E-state index contributed by atoms with van der Waals surface area (Å²) in [4.78, 5) is 37.9. The molecule has 0 spiro atoms. The molecule has 4 aromatic rings. The number of carbonyl (C=O) groups excluding carboxylic acids is 1. The Balaban J connectivity index is 1.60. The fourth-order valence-corrected chi connectivity index (χ4v) is 3.42. The van der Waals surface area contributed by atoms with Gasteiger partial charge in [0.2, 0.25) is 0 Å². The van der Waals surface area contributed by atoms with Crippen molar-refractivity contribution < 1.29 is 18.0 Å². The van der Waals surface area contributed by atoms with Gasteiger partial charge in [-0.2, -0.15) is 18.3 Å². The molecular formula is C22H19F3N6O2. The van der Waals surface area contributed by atoms with Gasteiger partial charge in [-0.25, -0.2) is 14.6 Å². The second-order valence-electron chi connectivity index (χ2n) is 7.31. The van der Waals surface area contributed by atoms with Crippen molar-refractivity contribution in [3.63, 3.8) is 0 Å². The molecule has 0 aliphatic rings. The molecule has 1 N–H and O–H groups in total. The number of nitrogens with one attached hydrogen (secondary N) is 1. The van der Waals surface area contributed by atoms with Crippen molar-refractivity contribution in [2.24, 2.45) is 0 Å². The molecule has 0 saturated carbocycles. The minimum Gasteiger partial charge on any atom is -0.331 e. The standard InChI is InChI=1S/C22H19F3N6O2/c1-3-30(12-18-28-17-7-5-4-6-15(17)20(32)29-18)21(33)16-11-27-31(13(16)2)19-9-8-14(10-26-19)22(23,24)25/h4-11H,3,12H2,1-2H3,(H,28,29,32). The quantitative estimate of drug-likeness (QED) is 0.496. The Morgan fingerprint density at radius 1 is 1.15 bits per heavy atom. The molecule has 11 heteroatoms. The zero-order chi connectivity index (χ0) is 23.8. The van der Waals surface area contributed by atoms with E-state index in [4.69, 9.17) is 0 Å². The summed E-state index contributed by atoms with van der Waals surface area (Å²) in [7, 11) is 0. The molecule has 0 fully saturated rings. The summed E-state index contributed by atoms with van der Waals surface area (Å²) < 4.78 is 39.7. The Bertz CT molecular complexity index is 1380. The summed E-state index contributed by atoms with van der Waals surface area (Å²) >= 11 is 0. The van der Waals surface area contributed by atoms with Crippen LogP contribution in [0.3, 0.4) is 0 Å². The van der Waals surface area contributed by atoms with Gasteiger partial charge in [0.1, 0.15) is 5.82 Å². The molecule has 0 unspecified atom stereocenters. The van der Waals surface area contributed by atoms with Gasteiger partial charge in [0.25, 0.3) is 11.5 Å². The lowest BCUT2D eigenvalue weighted by atomic mass is 10.2. The molecule has 1 amide bonds. The third kappa shape index (κ3) is 4.34. The maximum absolute atomic E-state index is 13.2. The summed E-state index contributed by atoms with van der Waals surface area (Å²) in [6.07, 6.45) is -2.43. The number of benzene rings is 1. The van der Waals surface area contributed by atoms with E-state index in [9.17, 15) is 22.8 Å². The lowest BCUT2D eigenvalue weighted by Crippen LogP contribution is -2.32. The van der Waals surface area contributed by atoms with Crippen LogP contribution in [0.2, 0.25) is 0 Å². The number of nitrogens with zero attached hydrogens (tertiary/aromatic N) is 5. The van der Waals surface area contributed by atoms with Crippen LogP contribution in [0.5, 0.6) is 0 Å². The molecule has 0 radical (unpaired) electrons. The van der Waals surface area contributed by atoms with Gasteiger partial charge in [-0.15, -0.1) is 0 Å². The number of pyridine rings is 1. The van der Waals surface area contributed by atoms with Crippen LogP contribution in [0.25, 0.3) is 16.7 Å². The van der Waals surface area contributed by atoms with Crippen LogP contribution in [-0.2, 0) is 12.7 Å². The average molecular weight is 456 g/mol. The molecule has 1 aromatic carbocycles. The van der Waals surface area contributed by atoms with Crippen LogP contribution in [0.4, 0.5) is 13.2 Å². The maximum atomic E-state index is 13.2. The predicted molar refractivity (Wildman–Crippen MR) is 114 cm³/mol. The van der Waals surface area contributed by atoms with Crippen LogP contribution in [-0.4, -0.2) is 42.1 Å². The van der Waals surface area contributed by atoms with E-state index in [2.05, 4.69) is 20.1 Å². The topological polar surface area (TPSA) is 96.8 Å². The first-order valence-corrected chi connectivity index (χ1v) is 10.0. The molecule has 170 valence electrons. The van der Waals surface area contributed by atoms with Crippen LogP contribution in [0, 0.1) is 6.92 Å². The number of H-pyrrole nitrogens is 1. The number of fused-ring (bicyclic) bond motifs is 1. The smallest absolute Gasteiger partial charge is 0.331 e. The Hall–Kier alpha value is -4.02.